The number of methoxy groups -OCH3 is 1. The summed E-state index contributed by atoms with van der Waals surface area (Å²) in [4.78, 5) is 11.5. The molecule has 0 N–H and O–H groups in total. The first kappa shape index (κ1) is 15.8. The molecule has 120 valence electrons. The van der Waals surface area contributed by atoms with Crippen LogP contribution in [0.5, 0.6) is 5.75 Å². The topological polar surface area (TPSA) is 35.5 Å². The summed E-state index contributed by atoms with van der Waals surface area (Å²) in [6.45, 7) is 0.398. The Morgan fingerprint density at radius 2 is 1.54 bits per heavy atom. The minimum Gasteiger partial charge on any atom is -0.489 e. The summed E-state index contributed by atoms with van der Waals surface area (Å²) in [5.41, 5.74) is 3.77. The first-order valence-electron chi connectivity index (χ1n) is 7.72. The van der Waals surface area contributed by atoms with Crippen molar-refractivity contribution in [3.8, 4) is 16.9 Å². The van der Waals surface area contributed by atoms with Crippen LogP contribution >= 0.6 is 0 Å². The lowest BCUT2D eigenvalue weighted by Gasteiger charge is -2.08. The molecule has 0 heterocycles. The van der Waals surface area contributed by atoms with E-state index in [1.165, 1.54) is 12.7 Å². The molecule has 0 aliphatic rings. The Labute approximate surface area is 141 Å². The molecule has 3 aromatic rings. The van der Waals surface area contributed by atoms with Crippen molar-refractivity contribution in [3.05, 3.63) is 90.0 Å². The van der Waals surface area contributed by atoms with Gasteiger partial charge >= 0.3 is 5.97 Å². The van der Waals surface area contributed by atoms with E-state index >= 15 is 0 Å². The second-order valence-electron chi connectivity index (χ2n) is 5.37. The van der Waals surface area contributed by atoms with Crippen LogP contribution in [0.2, 0.25) is 0 Å². The molecule has 3 aromatic carbocycles. The Bertz CT molecular complexity index is 808. The normalized spacial score (nSPS) is 10.2. The molecule has 0 aliphatic heterocycles. The number of carbonyl (C=O) groups is 1. The molecule has 0 fully saturated rings. The molecular weight excluding hydrogens is 300 g/mol. The van der Waals surface area contributed by atoms with Crippen LogP contribution in [0, 0.1) is 0 Å². The lowest BCUT2D eigenvalue weighted by Crippen LogP contribution is -2.03. The van der Waals surface area contributed by atoms with Crippen molar-refractivity contribution in [1.29, 1.82) is 0 Å². The summed E-state index contributed by atoms with van der Waals surface area (Å²) in [6, 6.07) is 25.4. The molecule has 0 spiro atoms. The second kappa shape index (κ2) is 7.47. The van der Waals surface area contributed by atoms with Crippen LogP contribution in [-0.2, 0) is 11.3 Å². The fourth-order valence-corrected chi connectivity index (χ4v) is 2.45. The Morgan fingerprint density at radius 1 is 0.833 bits per heavy atom. The SMILES string of the molecule is COC(=O)c1cccc(COc2ccc(-c3ccccc3)cc2)c1. The van der Waals surface area contributed by atoms with Crippen LogP contribution < -0.4 is 4.74 Å². The summed E-state index contributed by atoms with van der Waals surface area (Å²) < 4.78 is 10.5. The molecular formula is C21H18O3. The van der Waals surface area contributed by atoms with E-state index in [2.05, 4.69) is 12.1 Å². The Kier molecular flexibility index (Phi) is 4.92. The van der Waals surface area contributed by atoms with Gasteiger partial charge in [0.1, 0.15) is 12.4 Å². The zero-order valence-corrected chi connectivity index (χ0v) is 13.4. The molecule has 0 amide bonds. The molecule has 0 aliphatic carbocycles. The highest BCUT2D eigenvalue weighted by Crippen LogP contribution is 2.22. The molecule has 0 saturated carbocycles. The third-order valence-electron chi connectivity index (χ3n) is 3.72. The Balaban J connectivity index is 1.66. The third kappa shape index (κ3) is 3.82. The van der Waals surface area contributed by atoms with E-state index in [1.54, 1.807) is 12.1 Å². The first-order chi connectivity index (χ1) is 11.8. The van der Waals surface area contributed by atoms with Crippen molar-refractivity contribution in [3.63, 3.8) is 0 Å². The van der Waals surface area contributed by atoms with E-state index in [-0.39, 0.29) is 5.97 Å². The zero-order valence-electron chi connectivity index (χ0n) is 13.4. The van der Waals surface area contributed by atoms with Gasteiger partial charge in [-0.15, -0.1) is 0 Å². The number of esters is 1. The lowest BCUT2D eigenvalue weighted by molar-refractivity contribution is 0.0600. The number of hydrogen-bond donors (Lipinski definition) is 0. The fourth-order valence-electron chi connectivity index (χ4n) is 2.45. The molecule has 0 atom stereocenters. The highest BCUT2D eigenvalue weighted by Gasteiger charge is 2.06. The number of ether oxygens (including phenoxy) is 2. The van der Waals surface area contributed by atoms with Crippen LogP contribution in [0.25, 0.3) is 11.1 Å². The summed E-state index contributed by atoms with van der Waals surface area (Å²) in [5.74, 6) is 0.446. The maximum Gasteiger partial charge on any atom is 0.337 e. The third-order valence-corrected chi connectivity index (χ3v) is 3.72. The summed E-state index contributed by atoms with van der Waals surface area (Å²) in [6.07, 6.45) is 0. The smallest absolute Gasteiger partial charge is 0.337 e. The van der Waals surface area contributed by atoms with Crippen LogP contribution in [0.4, 0.5) is 0 Å². The van der Waals surface area contributed by atoms with Crippen molar-refractivity contribution < 1.29 is 14.3 Å². The molecule has 0 saturated heterocycles. The molecule has 0 radical (unpaired) electrons. The van der Waals surface area contributed by atoms with Gasteiger partial charge in [0, 0.05) is 0 Å². The molecule has 3 heteroatoms. The monoisotopic (exact) mass is 318 g/mol. The molecule has 3 rings (SSSR count). The Hall–Kier alpha value is -3.07. The largest absolute Gasteiger partial charge is 0.489 e. The molecule has 0 aromatic heterocycles. The van der Waals surface area contributed by atoms with E-state index in [0.717, 1.165) is 16.9 Å². The highest BCUT2D eigenvalue weighted by molar-refractivity contribution is 5.89. The van der Waals surface area contributed by atoms with Crippen molar-refractivity contribution >= 4 is 5.97 Å². The maximum atomic E-state index is 11.5. The minimum absolute atomic E-state index is 0.343. The molecule has 0 unspecified atom stereocenters. The fraction of sp³-hybridized carbons (Fsp3) is 0.0952. The molecule has 3 nitrogen and oxygen atoms in total. The van der Waals surface area contributed by atoms with Crippen LogP contribution in [0.3, 0.4) is 0 Å². The number of carbonyl (C=O) groups excluding carboxylic acids is 1. The van der Waals surface area contributed by atoms with E-state index in [0.29, 0.717) is 12.2 Å². The summed E-state index contributed by atoms with van der Waals surface area (Å²) in [7, 11) is 1.37. The van der Waals surface area contributed by atoms with Crippen molar-refractivity contribution in [2.24, 2.45) is 0 Å². The quantitative estimate of drug-likeness (QED) is 0.639. The molecule has 24 heavy (non-hydrogen) atoms. The van der Waals surface area contributed by atoms with Crippen LogP contribution in [0.1, 0.15) is 15.9 Å². The van der Waals surface area contributed by atoms with E-state index in [1.807, 2.05) is 54.6 Å². The van der Waals surface area contributed by atoms with Gasteiger partial charge in [-0.05, 0) is 41.0 Å². The predicted octanol–water partition coefficient (Wildman–Crippen LogP) is 4.72. The average molecular weight is 318 g/mol. The van der Waals surface area contributed by atoms with Gasteiger partial charge < -0.3 is 9.47 Å². The second-order valence-corrected chi connectivity index (χ2v) is 5.37. The first-order valence-corrected chi connectivity index (χ1v) is 7.72. The van der Waals surface area contributed by atoms with Gasteiger partial charge in [0.15, 0.2) is 0 Å². The van der Waals surface area contributed by atoms with Crippen LogP contribution in [0.15, 0.2) is 78.9 Å². The number of hydrogen-bond acceptors (Lipinski definition) is 3. The van der Waals surface area contributed by atoms with Crippen molar-refractivity contribution in [1.82, 2.24) is 0 Å². The number of rotatable bonds is 5. The summed E-state index contributed by atoms with van der Waals surface area (Å²) >= 11 is 0. The average Bonchev–Trinajstić information content (AvgIpc) is 2.67. The predicted molar refractivity (Wildman–Crippen MR) is 94.0 cm³/mol. The maximum absolute atomic E-state index is 11.5. The van der Waals surface area contributed by atoms with E-state index < -0.39 is 0 Å². The van der Waals surface area contributed by atoms with Crippen molar-refractivity contribution in [2.45, 2.75) is 6.61 Å². The van der Waals surface area contributed by atoms with E-state index in [4.69, 9.17) is 9.47 Å². The minimum atomic E-state index is -0.343. The standard InChI is InChI=1S/C21H18O3/c1-23-21(22)19-9-5-6-16(14-19)15-24-20-12-10-18(11-13-20)17-7-3-2-4-8-17/h2-14H,15H2,1H3. The lowest BCUT2D eigenvalue weighted by atomic mass is 10.1. The van der Waals surface area contributed by atoms with E-state index in [9.17, 15) is 4.79 Å². The van der Waals surface area contributed by atoms with Crippen molar-refractivity contribution in [2.75, 3.05) is 7.11 Å². The molecule has 0 bridgehead atoms. The van der Waals surface area contributed by atoms with Gasteiger partial charge in [0.05, 0.1) is 12.7 Å². The van der Waals surface area contributed by atoms with Crippen LogP contribution in [-0.4, -0.2) is 13.1 Å². The highest BCUT2D eigenvalue weighted by atomic mass is 16.5. The Morgan fingerprint density at radius 3 is 2.25 bits per heavy atom. The van der Waals surface area contributed by atoms with Gasteiger partial charge in [-0.1, -0.05) is 54.6 Å². The van der Waals surface area contributed by atoms with Gasteiger partial charge in [-0.25, -0.2) is 4.79 Å². The van der Waals surface area contributed by atoms with Gasteiger partial charge in [0.2, 0.25) is 0 Å². The van der Waals surface area contributed by atoms with Gasteiger partial charge in [-0.3, -0.25) is 0 Å². The van der Waals surface area contributed by atoms with Gasteiger partial charge in [0.25, 0.3) is 0 Å². The number of benzene rings is 3. The summed E-state index contributed by atoms with van der Waals surface area (Å²) in [5, 5.41) is 0. The zero-order chi connectivity index (χ0) is 16.8. The van der Waals surface area contributed by atoms with Gasteiger partial charge in [-0.2, -0.15) is 0 Å².